The zero-order valence-corrected chi connectivity index (χ0v) is 11.2. The molecular weight excluding hydrogens is 268 g/mol. The molecule has 0 aliphatic carbocycles. The number of amides is 1. The second-order valence-electron chi connectivity index (χ2n) is 4.40. The smallest absolute Gasteiger partial charge is 0.340 e. The molecule has 1 amide bonds. The highest BCUT2D eigenvalue weighted by Crippen LogP contribution is 2.18. The van der Waals surface area contributed by atoms with E-state index >= 15 is 0 Å². The van der Waals surface area contributed by atoms with Gasteiger partial charge < -0.3 is 15.4 Å². The van der Waals surface area contributed by atoms with E-state index < -0.39 is 5.97 Å². The molecule has 5 nitrogen and oxygen atoms in total. The van der Waals surface area contributed by atoms with Gasteiger partial charge in [0.15, 0.2) is 6.61 Å². The minimum absolute atomic E-state index is 0.175. The summed E-state index contributed by atoms with van der Waals surface area (Å²) in [5.74, 6) is -0.806. The number of hydrogen-bond donors (Lipinski definition) is 1. The molecule has 0 saturated carbocycles. The molecule has 0 radical (unpaired) electrons. The molecule has 0 spiro atoms. The number of nitrogens with two attached hydrogens (primary N) is 1. The number of likely N-dealkylation sites (tertiary alicyclic amines) is 1. The predicted molar refractivity (Wildman–Crippen MR) is 72.0 cm³/mol. The first-order valence-electron chi connectivity index (χ1n) is 6.08. The van der Waals surface area contributed by atoms with Crippen LogP contribution in [0, 0.1) is 0 Å². The number of nitrogens with zero attached hydrogens (tertiary/aromatic N) is 1. The normalized spacial score (nSPS) is 14.5. The molecular formula is C13H15ClN2O3. The van der Waals surface area contributed by atoms with Crippen LogP contribution in [0.3, 0.4) is 0 Å². The van der Waals surface area contributed by atoms with Crippen LogP contribution in [-0.4, -0.2) is 36.5 Å². The monoisotopic (exact) mass is 282 g/mol. The average molecular weight is 283 g/mol. The van der Waals surface area contributed by atoms with Crippen LogP contribution in [0.1, 0.15) is 23.2 Å². The SMILES string of the molecule is Nc1ccc(Cl)cc1C(=O)OCC(=O)N1CCCC1. The lowest BCUT2D eigenvalue weighted by atomic mass is 10.2. The number of ether oxygens (including phenoxy) is 1. The van der Waals surface area contributed by atoms with Gasteiger partial charge in [-0.2, -0.15) is 0 Å². The van der Waals surface area contributed by atoms with Crippen LogP contribution >= 0.6 is 11.6 Å². The Kier molecular flexibility index (Phi) is 4.27. The number of nitrogen functional groups attached to an aromatic ring is 1. The highest BCUT2D eigenvalue weighted by atomic mass is 35.5. The number of halogens is 1. The van der Waals surface area contributed by atoms with Gasteiger partial charge in [-0.1, -0.05) is 11.6 Å². The lowest BCUT2D eigenvalue weighted by Crippen LogP contribution is -2.32. The van der Waals surface area contributed by atoms with Gasteiger partial charge in [0.25, 0.3) is 5.91 Å². The molecule has 1 heterocycles. The minimum atomic E-state index is -0.632. The van der Waals surface area contributed by atoms with E-state index in [1.165, 1.54) is 12.1 Å². The van der Waals surface area contributed by atoms with E-state index in [4.69, 9.17) is 22.1 Å². The van der Waals surface area contributed by atoms with E-state index in [2.05, 4.69) is 0 Å². The van der Waals surface area contributed by atoms with Gasteiger partial charge in [-0.05, 0) is 31.0 Å². The molecule has 2 rings (SSSR count). The fourth-order valence-corrected chi connectivity index (χ4v) is 2.14. The highest BCUT2D eigenvalue weighted by molar-refractivity contribution is 6.31. The lowest BCUT2D eigenvalue weighted by molar-refractivity contribution is -0.133. The Morgan fingerprint density at radius 1 is 1.32 bits per heavy atom. The molecule has 1 aromatic carbocycles. The second-order valence-corrected chi connectivity index (χ2v) is 4.83. The topological polar surface area (TPSA) is 72.6 Å². The van der Waals surface area contributed by atoms with Crippen molar-refractivity contribution in [2.45, 2.75) is 12.8 Å². The molecule has 19 heavy (non-hydrogen) atoms. The van der Waals surface area contributed by atoms with Crippen LogP contribution in [0.15, 0.2) is 18.2 Å². The van der Waals surface area contributed by atoms with Crippen LogP contribution in [0.25, 0.3) is 0 Å². The van der Waals surface area contributed by atoms with Crippen molar-refractivity contribution in [2.24, 2.45) is 0 Å². The fraction of sp³-hybridized carbons (Fsp3) is 0.385. The quantitative estimate of drug-likeness (QED) is 0.676. The Bertz CT molecular complexity index is 499. The number of benzene rings is 1. The summed E-state index contributed by atoms with van der Waals surface area (Å²) in [4.78, 5) is 25.2. The molecule has 1 aliphatic rings. The van der Waals surface area contributed by atoms with E-state index in [9.17, 15) is 9.59 Å². The van der Waals surface area contributed by atoms with Crippen molar-refractivity contribution >= 4 is 29.2 Å². The van der Waals surface area contributed by atoms with E-state index in [0.29, 0.717) is 5.02 Å². The number of rotatable bonds is 3. The molecule has 102 valence electrons. The summed E-state index contributed by atoms with van der Waals surface area (Å²) < 4.78 is 4.97. The maximum absolute atomic E-state index is 11.8. The number of hydrogen-bond acceptors (Lipinski definition) is 4. The van der Waals surface area contributed by atoms with Gasteiger partial charge in [0.05, 0.1) is 5.56 Å². The van der Waals surface area contributed by atoms with Crippen molar-refractivity contribution in [3.63, 3.8) is 0 Å². The maximum atomic E-state index is 11.8. The summed E-state index contributed by atoms with van der Waals surface area (Å²) in [5, 5.41) is 0.395. The molecule has 1 aliphatic heterocycles. The first-order valence-corrected chi connectivity index (χ1v) is 6.45. The molecule has 0 unspecified atom stereocenters. The zero-order valence-electron chi connectivity index (χ0n) is 10.4. The van der Waals surface area contributed by atoms with E-state index in [-0.39, 0.29) is 23.8 Å². The van der Waals surface area contributed by atoms with Crippen LogP contribution in [0.5, 0.6) is 0 Å². The van der Waals surface area contributed by atoms with Crippen LogP contribution in [-0.2, 0) is 9.53 Å². The van der Waals surface area contributed by atoms with Gasteiger partial charge in [0.2, 0.25) is 0 Å². The summed E-state index contributed by atoms with van der Waals surface area (Å²) in [6.07, 6.45) is 2.00. The number of anilines is 1. The fourth-order valence-electron chi connectivity index (χ4n) is 1.97. The molecule has 1 aromatic rings. The van der Waals surface area contributed by atoms with Gasteiger partial charge in [-0.3, -0.25) is 4.79 Å². The van der Waals surface area contributed by atoms with Crippen LogP contribution < -0.4 is 5.73 Å². The van der Waals surface area contributed by atoms with Gasteiger partial charge in [-0.15, -0.1) is 0 Å². The molecule has 1 fully saturated rings. The standard InChI is InChI=1S/C13H15ClN2O3/c14-9-3-4-11(15)10(7-9)13(18)19-8-12(17)16-5-1-2-6-16/h3-4,7H,1-2,5-6,8,15H2. The van der Waals surface area contributed by atoms with Crippen molar-refractivity contribution in [3.8, 4) is 0 Å². The van der Waals surface area contributed by atoms with E-state index in [1.807, 2.05) is 0 Å². The first kappa shape index (κ1) is 13.7. The molecule has 0 bridgehead atoms. The van der Waals surface area contributed by atoms with Crippen molar-refractivity contribution in [3.05, 3.63) is 28.8 Å². The molecule has 2 N–H and O–H groups in total. The summed E-state index contributed by atoms with van der Waals surface area (Å²) in [6.45, 7) is 1.20. The number of carbonyl (C=O) groups is 2. The van der Waals surface area contributed by atoms with Gasteiger partial charge >= 0.3 is 5.97 Å². The van der Waals surface area contributed by atoms with E-state index in [1.54, 1.807) is 11.0 Å². The van der Waals surface area contributed by atoms with Crippen LogP contribution in [0.2, 0.25) is 5.02 Å². The van der Waals surface area contributed by atoms with Gasteiger partial charge in [-0.25, -0.2) is 4.79 Å². The Hall–Kier alpha value is -1.75. The largest absolute Gasteiger partial charge is 0.452 e. The minimum Gasteiger partial charge on any atom is -0.452 e. The Morgan fingerprint density at radius 3 is 2.68 bits per heavy atom. The molecule has 0 atom stereocenters. The van der Waals surface area contributed by atoms with Crippen molar-refractivity contribution in [1.29, 1.82) is 0 Å². The van der Waals surface area contributed by atoms with Gasteiger partial charge in [0.1, 0.15) is 0 Å². The predicted octanol–water partition coefficient (Wildman–Crippen LogP) is 1.70. The molecule has 0 aromatic heterocycles. The summed E-state index contributed by atoms with van der Waals surface area (Å²) in [7, 11) is 0. The first-order chi connectivity index (χ1) is 9.08. The second kappa shape index (κ2) is 5.93. The third kappa shape index (κ3) is 3.38. The third-order valence-corrected chi connectivity index (χ3v) is 3.26. The Morgan fingerprint density at radius 2 is 2.00 bits per heavy atom. The maximum Gasteiger partial charge on any atom is 0.340 e. The van der Waals surface area contributed by atoms with Crippen molar-refractivity contribution in [1.82, 2.24) is 4.90 Å². The average Bonchev–Trinajstić information content (AvgIpc) is 2.92. The molecule has 1 saturated heterocycles. The zero-order chi connectivity index (χ0) is 13.8. The third-order valence-electron chi connectivity index (χ3n) is 3.02. The van der Waals surface area contributed by atoms with Crippen molar-refractivity contribution in [2.75, 3.05) is 25.4 Å². The Labute approximate surface area is 116 Å². The van der Waals surface area contributed by atoms with Gasteiger partial charge in [0, 0.05) is 23.8 Å². The Balaban J connectivity index is 1.93. The van der Waals surface area contributed by atoms with Crippen LogP contribution in [0.4, 0.5) is 5.69 Å². The summed E-state index contributed by atoms with van der Waals surface area (Å²) >= 11 is 5.79. The van der Waals surface area contributed by atoms with E-state index in [0.717, 1.165) is 25.9 Å². The molecule has 6 heteroatoms. The number of carbonyl (C=O) groups excluding carboxylic acids is 2. The highest BCUT2D eigenvalue weighted by Gasteiger charge is 2.20. The summed E-state index contributed by atoms with van der Waals surface area (Å²) in [5.41, 5.74) is 6.13. The van der Waals surface area contributed by atoms with Crippen molar-refractivity contribution < 1.29 is 14.3 Å². The lowest BCUT2D eigenvalue weighted by Gasteiger charge is -2.15. The summed E-state index contributed by atoms with van der Waals surface area (Å²) in [6, 6.07) is 4.55. The number of esters is 1.